The van der Waals surface area contributed by atoms with Gasteiger partial charge in [0.1, 0.15) is 0 Å². The van der Waals surface area contributed by atoms with Gasteiger partial charge in [0.25, 0.3) is 0 Å². The molecule has 0 bridgehead atoms. The molecular formula is C75H49N. The summed E-state index contributed by atoms with van der Waals surface area (Å²) in [6.07, 6.45) is 0. The van der Waals surface area contributed by atoms with Gasteiger partial charge >= 0.3 is 0 Å². The molecule has 1 heteroatoms. The standard InChI is InChI=1S/C75H49N/c1-5-24-50(25-6-1)73(51-26-7-2-8-27-51)64-38-19-16-35-59(64)62-48-54(45-47-68(62)73)76(55-44-46-60-58-34-13-18-37-63(58)74(70(60)49-55,52-28-9-3-10-29-52)53-30-11-4-12-31-53)71-43-23-42-69-72(71)61-36-17-22-41-67(61)75(69)65-39-20-14-32-56(65)57-33-15-21-40-66(57)75/h1-49H. The molecule has 0 heterocycles. The number of anilines is 3. The summed E-state index contributed by atoms with van der Waals surface area (Å²) in [5.41, 5.74) is 27.4. The van der Waals surface area contributed by atoms with E-state index in [0.717, 1.165) is 17.1 Å². The van der Waals surface area contributed by atoms with Crippen molar-refractivity contribution < 1.29 is 0 Å². The smallest absolute Gasteiger partial charge is 0.0726 e. The molecule has 0 saturated carbocycles. The molecule has 0 fully saturated rings. The molecule has 0 N–H and O–H groups in total. The van der Waals surface area contributed by atoms with Crippen molar-refractivity contribution >= 4 is 17.1 Å². The predicted octanol–water partition coefficient (Wildman–Crippen LogP) is 18.2. The Balaban J connectivity index is 1.01. The molecule has 0 aliphatic heterocycles. The second-order valence-electron chi connectivity index (χ2n) is 20.9. The Morgan fingerprint density at radius 3 is 1.01 bits per heavy atom. The van der Waals surface area contributed by atoms with E-state index < -0.39 is 16.2 Å². The number of nitrogens with zero attached hydrogens (tertiary/aromatic N) is 1. The minimum absolute atomic E-state index is 0.502. The van der Waals surface area contributed by atoms with Crippen molar-refractivity contribution in [2.45, 2.75) is 16.2 Å². The first-order chi connectivity index (χ1) is 37.7. The van der Waals surface area contributed by atoms with Gasteiger partial charge in [0.2, 0.25) is 0 Å². The molecule has 76 heavy (non-hydrogen) atoms. The minimum Gasteiger partial charge on any atom is -0.310 e. The van der Waals surface area contributed by atoms with Gasteiger partial charge in [0.15, 0.2) is 0 Å². The lowest BCUT2D eigenvalue weighted by atomic mass is 9.67. The quantitative estimate of drug-likeness (QED) is 0.154. The number of fused-ring (bicyclic) bond motifs is 16. The van der Waals surface area contributed by atoms with Gasteiger partial charge in [-0.25, -0.2) is 0 Å². The first-order valence-electron chi connectivity index (χ1n) is 26.7. The number of rotatable bonds is 7. The highest BCUT2D eigenvalue weighted by Crippen LogP contribution is 2.66. The Hall–Kier alpha value is -9.56. The van der Waals surface area contributed by atoms with Crippen LogP contribution in [0, 0.1) is 0 Å². The summed E-state index contributed by atoms with van der Waals surface area (Å²) < 4.78 is 0. The van der Waals surface area contributed by atoms with Crippen molar-refractivity contribution in [2.75, 3.05) is 4.90 Å². The highest BCUT2D eigenvalue weighted by molar-refractivity contribution is 6.02. The second-order valence-corrected chi connectivity index (χ2v) is 20.9. The molecule has 0 unspecified atom stereocenters. The van der Waals surface area contributed by atoms with E-state index in [4.69, 9.17) is 0 Å². The van der Waals surface area contributed by atoms with Crippen molar-refractivity contribution in [1.82, 2.24) is 0 Å². The predicted molar refractivity (Wildman–Crippen MR) is 312 cm³/mol. The summed E-state index contributed by atoms with van der Waals surface area (Å²) >= 11 is 0. The lowest BCUT2D eigenvalue weighted by molar-refractivity contribution is 0.768. The third-order valence-electron chi connectivity index (χ3n) is 17.6. The van der Waals surface area contributed by atoms with E-state index >= 15 is 0 Å². The molecule has 0 atom stereocenters. The van der Waals surface area contributed by atoms with Gasteiger partial charge in [-0.2, -0.15) is 0 Å². The van der Waals surface area contributed by atoms with Crippen LogP contribution in [0.5, 0.6) is 0 Å². The van der Waals surface area contributed by atoms with Gasteiger partial charge in [0, 0.05) is 16.9 Å². The molecule has 16 rings (SSSR count). The molecule has 1 spiro atoms. The number of hydrogen-bond acceptors (Lipinski definition) is 1. The van der Waals surface area contributed by atoms with E-state index in [9.17, 15) is 0 Å². The third kappa shape index (κ3) is 5.49. The fourth-order valence-corrected chi connectivity index (χ4v) is 14.9. The average Bonchev–Trinajstić information content (AvgIpc) is 4.39. The zero-order chi connectivity index (χ0) is 50.0. The van der Waals surface area contributed by atoms with Gasteiger partial charge in [0.05, 0.1) is 21.9 Å². The normalized spacial score (nSPS) is 14.6. The Labute approximate surface area is 444 Å². The topological polar surface area (TPSA) is 3.24 Å². The third-order valence-corrected chi connectivity index (χ3v) is 17.6. The zero-order valence-corrected chi connectivity index (χ0v) is 41.7. The van der Waals surface area contributed by atoms with Crippen LogP contribution >= 0.6 is 0 Å². The highest BCUT2D eigenvalue weighted by Gasteiger charge is 2.53. The molecular weight excluding hydrogens is 915 g/mol. The van der Waals surface area contributed by atoms with Crippen LogP contribution < -0.4 is 4.90 Å². The molecule has 12 aromatic rings. The molecule has 12 aromatic carbocycles. The van der Waals surface area contributed by atoms with Crippen LogP contribution in [0.2, 0.25) is 0 Å². The summed E-state index contributed by atoms with van der Waals surface area (Å²) in [7, 11) is 0. The Kier molecular flexibility index (Phi) is 9.15. The summed E-state index contributed by atoms with van der Waals surface area (Å²) in [5, 5.41) is 0. The van der Waals surface area contributed by atoms with E-state index in [1.54, 1.807) is 0 Å². The lowest BCUT2D eigenvalue weighted by Crippen LogP contribution is -2.29. The monoisotopic (exact) mass is 963 g/mol. The van der Waals surface area contributed by atoms with E-state index in [0.29, 0.717) is 0 Å². The first-order valence-corrected chi connectivity index (χ1v) is 26.7. The largest absolute Gasteiger partial charge is 0.310 e. The SMILES string of the molecule is c1ccc(C2(c3ccccc3)c3ccccc3-c3cc(N(c4ccc5c(c4)C(c4ccccc4)(c4ccccc4)c4ccccc4-5)c4cccc5c4-c4ccccc4C54c5ccccc5-c5ccccc54)ccc32)cc1. The van der Waals surface area contributed by atoms with E-state index in [2.05, 4.69) is 302 Å². The molecule has 0 radical (unpaired) electrons. The summed E-state index contributed by atoms with van der Waals surface area (Å²) in [4.78, 5) is 2.60. The minimum atomic E-state index is -0.579. The van der Waals surface area contributed by atoms with Gasteiger partial charge in [-0.15, -0.1) is 0 Å². The zero-order valence-electron chi connectivity index (χ0n) is 41.7. The molecule has 4 aliphatic carbocycles. The van der Waals surface area contributed by atoms with Crippen molar-refractivity contribution in [3.8, 4) is 44.5 Å². The molecule has 0 saturated heterocycles. The highest BCUT2D eigenvalue weighted by atomic mass is 15.1. The molecule has 0 amide bonds. The van der Waals surface area contributed by atoms with Gasteiger partial charge in [-0.1, -0.05) is 267 Å². The van der Waals surface area contributed by atoms with Crippen LogP contribution in [0.15, 0.2) is 297 Å². The molecule has 1 nitrogen and oxygen atoms in total. The maximum absolute atomic E-state index is 2.60. The summed E-state index contributed by atoms with van der Waals surface area (Å²) in [6.45, 7) is 0. The van der Waals surface area contributed by atoms with Crippen molar-refractivity contribution in [1.29, 1.82) is 0 Å². The van der Waals surface area contributed by atoms with Crippen LogP contribution in [-0.4, -0.2) is 0 Å². The van der Waals surface area contributed by atoms with Gasteiger partial charge in [-0.05, 0) is 136 Å². The fourth-order valence-electron chi connectivity index (χ4n) is 14.9. The maximum atomic E-state index is 2.60. The van der Waals surface area contributed by atoms with Crippen molar-refractivity contribution in [2.24, 2.45) is 0 Å². The summed E-state index contributed by atoms with van der Waals surface area (Å²) in [5.74, 6) is 0. The van der Waals surface area contributed by atoms with E-state index in [1.807, 2.05) is 0 Å². The Morgan fingerprint density at radius 2 is 0.526 bits per heavy atom. The van der Waals surface area contributed by atoms with Gasteiger partial charge in [-0.3, -0.25) is 0 Å². The molecule has 4 aliphatic rings. The van der Waals surface area contributed by atoms with Crippen LogP contribution in [0.1, 0.15) is 66.8 Å². The van der Waals surface area contributed by atoms with E-state index in [1.165, 1.54) is 111 Å². The van der Waals surface area contributed by atoms with Gasteiger partial charge < -0.3 is 4.90 Å². The molecule has 0 aromatic heterocycles. The van der Waals surface area contributed by atoms with Crippen molar-refractivity contribution in [3.05, 3.63) is 364 Å². The summed E-state index contributed by atoms with van der Waals surface area (Å²) in [6, 6.07) is 112. The average molecular weight is 964 g/mol. The number of benzene rings is 12. The van der Waals surface area contributed by atoms with Crippen molar-refractivity contribution in [3.63, 3.8) is 0 Å². The van der Waals surface area contributed by atoms with E-state index in [-0.39, 0.29) is 0 Å². The molecule has 354 valence electrons. The maximum Gasteiger partial charge on any atom is 0.0726 e. The Morgan fingerprint density at radius 1 is 0.197 bits per heavy atom. The van der Waals surface area contributed by atoms with Crippen LogP contribution in [-0.2, 0) is 16.2 Å². The second kappa shape index (κ2) is 16.2. The van der Waals surface area contributed by atoms with Crippen LogP contribution in [0.4, 0.5) is 17.1 Å². The van der Waals surface area contributed by atoms with Crippen LogP contribution in [0.25, 0.3) is 44.5 Å². The fraction of sp³-hybridized carbons (Fsp3) is 0.0400. The van der Waals surface area contributed by atoms with Crippen LogP contribution in [0.3, 0.4) is 0 Å². The Bertz CT molecular complexity index is 4160. The number of hydrogen-bond donors (Lipinski definition) is 0. The first kappa shape index (κ1) is 42.9. The lowest BCUT2D eigenvalue weighted by Gasteiger charge is -2.36.